The molecule has 0 amide bonds. The van der Waals surface area contributed by atoms with E-state index in [1.54, 1.807) is 0 Å². The number of H-pyrrole nitrogens is 1. The lowest BCUT2D eigenvalue weighted by Crippen LogP contribution is -2.28. The highest BCUT2D eigenvalue weighted by molar-refractivity contribution is 8.07. The molecule has 0 aliphatic carbocycles. The Hall–Kier alpha value is -2.02. The van der Waals surface area contributed by atoms with E-state index in [4.69, 9.17) is 40.8 Å². The number of rotatable bonds is 9. The molecule has 29 heavy (non-hydrogen) atoms. The number of imidazole rings is 1. The van der Waals surface area contributed by atoms with Crippen LogP contribution in [0.25, 0.3) is 11.2 Å². The largest absolute Gasteiger partial charge is 0.467 e. The van der Waals surface area contributed by atoms with Crippen LogP contribution in [0.2, 0.25) is 0 Å². The number of aromatic amines is 1. The van der Waals surface area contributed by atoms with Crippen LogP contribution in [0.15, 0.2) is 22.6 Å². The molecule has 0 saturated heterocycles. The predicted molar refractivity (Wildman–Crippen MR) is 106 cm³/mol. The van der Waals surface area contributed by atoms with E-state index in [1.807, 2.05) is 6.92 Å². The minimum atomic E-state index is -3.55. The normalized spacial score (nSPS) is 21.4. The molecule has 0 bridgehead atoms. The van der Waals surface area contributed by atoms with Crippen molar-refractivity contribution in [1.82, 2.24) is 19.5 Å². The quantitative estimate of drug-likeness (QED) is 0.368. The standard InChI is InChI=1S/C15H22N5O7PS/c1-4-8-10(27-28(22,29)24-3)11(25-6-5-23-2)14(26-8)20-7-17-9-12(20)18-15(16)19-13(9)21/h7,11,14H,4-6H2,1-3H3,(H,22,29)(H3,16,18,19,21)/t11?,14-,28?/m1/s1. The molecule has 4 N–H and O–H groups in total. The minimum absolute atomic E-state index is 0.0653. The van der Waals surface area contributed by atoms with Gasteiger partial charge in [0, 0.05) is 32.4 Å². The second-order valence-corrected chi connectivity index (χ2v) is 8.82. The summed E-state index contributed by atoms with van der Waals surface area (Å²) in [5, 5.41) is 0. The Morgan fingerprint density at radius 1 is 1.45 bits per heavy atom. The molecule has 3 heterocycles. The summed E-state index contributed by atoms with van der Waals surface area (Å²) in [6.45, 7) is -1.19. The van der Waals surface area contributed by atoms with Crippen molar-refractivity contribution in [2.75, 3.05) is 33.2 Å². The Kier molecular flexibility index (Phi) is 6.56. The molecule has 1 aliphatic heterocycles. The van der Waals surface area contributed by atoms with Crippen molar-refractivity contribution in [2.45, 2.75) is 25.7 Å². The van der Waals surface area contributed by atoms with Gasteiger partial charge >= 0.3 is 6.72 Å². The highest BCUT2D eigenvalue weighted by atomic mass is 32.5. The molecule has 3 atom stereocenters. The van der Waals surface area contributed by atoms with Gasteiger partial charge in [0.2, 0.25) is 12.2 Å². The zero-order chi connectivity index (χ0) is 21.2. The van der Waals surface area contributed by atoms with E-state index in [1.165, 1.54) is 25.1 Å². The third-order valence-corrected chi connectivity index (χ3v) is 5.69. The average Bonchev–Trinajstić information content (AvgIpc) is 3.23. The smallest absolute Gasteiger partial charge is 0.377 e. The van der Waals surface area contributed by atoms with Gasteiger partial charge in [-0.2, -0.15) is 4.98 Å². The van der Waals surface area contributed by atoms with Gasteiger partial charge in [-0.15, -0.1) is 0 Å². The van der Waals surface area contributed by atoms with Crippen molar-refractivity contribution in [1.29, 1.82) is 0 Å². The lowest BCUT2D eigenvalue weighted by Gasteiger charge is -2.24. The Bertz CT molecular complexity index is 1020. The van der Waals surface area contributed by atoms with Crippen molar-refractivity contribution in [3.05, 3.63) is 28.2 Å². The first-order chi connectivity index (χ1) is 13.8. The summed E-state index contributed by atoms with van der Waals surface area (Å²) >= 11 is 4.98. The summed E-state index contributed by atoms with van der Waals surface area (Å²) < 4.78 is 28.9. The van der Waals surface area contributed by atoms with Crippen LogP contribution >= 0.6 is 6.72 Å². The zero-order valence-corrected chi connectivity index (χ0v) is 17.7. The average molecular weight is 447 g/mol. The number of nitrogen functional groups attached to an aromatic ring is 1. The fraction of sp³-hybridized carbons (Fsp3) is 0.533. The first-order valence-electron chi connectivity index (χ1n) is 8.62. The summed E-state index contributed by atoms with van der Waals surface area (Å²) in [4.78, 5) is 32.9. The van der Waals surface area contributed by atoms with Gasteiger partial charge in [-0.1, -0.05) is 6.92 Å². The van der Waals surface area contributed by atoms with Crippen molar-refractivity contribution < 1.29 is 28.2 Å². The van der Waals surface area contributed by atoms with Crippen molar-refractivity contribution in [2.24, 2.45) is 0 Å². The highest BCUT2D eigenvalue weighted by Gasteiger charge is 2.43. The van der Waals surface area contributed by atoms with Gasteiger partial charge < -0.3 is 33.9 Å². The van der Waals surface area contributed by atoms with Crippen LogP contribution < -0.4 is 11.3 Å². The Labute approximate surface area is 170 Å². The third-order valence-electron chi connectivity index (χ3n) is 4.13. The second kappa shape index (κ2) is 8.78. The van der Waals surface area contributed by atoms with Gasteiger partial charge in [0.25, 0.3) is 5.56 Å². The van der Waals surface area contributed by atoms with Crippen LogP contribution in [0.1, 0.15) is 19.6 Å². The molecule has 160 valence electrons. The van der Waals surface area contributed by atoms with Crippen LogP contribution in [-0.4, -0.2) is 57.9 Å². The molecule has 0 spiro atoms. The summed E-state index contributed by atoms with van der Waals surface area (Å²) in [5.74, 6) is 0.558. The number of hydrogen-bond acceptors (Lipinski definition) is 10. The number of ether oxygens (including phenoxy) is 3. The van der Waals surface area contributed by atoms with Gasteiger partial charge in [0.05, 0.1) is 13.2 Å². The second-order valence-electron chi connectivity index (χ2n) is 5.95. The van der Waals surface area contributed by atoms with Gasteiger partial charge in [-0.05, 0) is 0 Å². The van der Waals surface area contributed by atoms with E-state index in [-0.39, 0.29) is 29.5 Å². The maximum absolute atomic E-state index is 12.1. The molecule has 2 aromatic heterocycles. The molecule has 0 saturated carbocycles. The van der Waals surface area contributed by atoms with E-state index >= 15 is 0 Å². The van der Waals surface area contributed by atoms with Crippen molar-refractivity contribution in [3.8, 4) is 0 Å². The molecule has 1 aliphatic rings. The number of nitrogens with one attached hydrogen (secondary N) is 1. The fourth-order valence-corrected chi connectivity index (χ4v) is 3.59. The Morgan fingerprint density at radius 2 is 2.21 bits per heavy atom. The molecule has 0 aromatic carbocycles. The highest BCUT2D eigenvalue weighted by Crippen LogP contribution is 2.50. The number of hydrogen-bond donors (Lipinski definition) is 3. The number of nitrogens with two attached hydrogens (primary N) is 1. The van der Waals surface area contributed by atoms with Crippen LogP contribution in [0.3, 0.4) is 0 Å². The summed E-state index contributed by atoms with van der Waals surface area (Å²) in [5.41, 5.74) is 5.50. The zero-order valence-electron chi connectivity index (χ0n) is 16.0. The number of nitrogens with zero attached hydrogens (tertiary/aromatic N) is 3. The van der Waals surface area contributed by atoms with Crippen LogP contribution in [0.4, 0.5) is 5.95 Å². The summed E-state index contributed by atoms with van der Waals surface area (Å²) in [6, 6.07) is 0. The predicted octanol–water partition coefficient (Wildman–Crippen LogP) is 0.764. The molecule has 2 unspecified atom stereocenters. The Balaban J connectivity index is 2.04. The molecule has 2 aromatic rings. The molecule has 0 fully saturated rings. The van der Waals surface area contributed by atoms with Gasteiger partial charge in [-0.25, -0.2) is 4.98 Å². The van der Waals surface area contributed by atoms with Crippen LogP contribution in [0.5, 0.6) is 0 Å². The molecule has 14 heteroatoms. The topological polar surface area (TPSA) is 156 Å². The molecule has 12 nitrogen and oxygen atoms in total. The number of fused-ring (bicyclic) bond motifs is 1. The number of allylic oxidation sites excluding steroid dienone is 1. The van der Waals surface area contributed by atoms with Gasteiger partial charge in [0.1, 0.15) is 12.1 Å². The van der Waals surface area contributed by atoms with Crippen molar-refractivity contribution >= 4 is 35.6 Å². The molecule has 0 radical (unpaired) electrons. The number of methoxy groups -OCH3 is 1. The first-order valence-corrected chi connectivity index (χ1v) is 11.2. The van der Waals surface area contributed by atoms with Crippen molar-refractivity contribution in [3.63, 3.8) is 0 Å². The Morgan fingerprint density at radius 3 is 2.86 bits per heavy atom. The number of anilines is 1. The summed E-state index contributed by atoms with van der Waals surface area (Å²) in [7, 11) is 2.79. The van der Waals surface area contributed by atoms with Crippen LogP contribution in [-0.2, 0) is 35.1 Å². The molecular formula is C15H22N5O7PS. The SMILES string of the molecule is CCC1=C(OP(O)(=S)OC)C(OCCOC)[C@H](n2cnc3c(=O)[nH]c(N)nc32)O1. The fourth-order valence-electron chi connectivity index (χ4n) is 2.82. The summed E-state index contributed by atoms with van der Waals surface area (Å²) in [6.07, 6.45) is 0.162. The van der Waals surface area contributed by atoms with E-state index in [0.717, 1.165) is 0 Å². The van der Waals surface area contributed by atoms with Crippen LogP contribution in [0, 0.1) is 0 Å². The molecule has 3 rings (SSSR count). The third kappa shape index (κ3) is 4.44. The lowest BCUT2D eigenvalue weighted by atomic mass is 10.2. The van der Waals surface area contributed by atoms with E-state index in [9.17, 15) is 9.69 Å². The van der Waals surface area contributed by atoms with Gasteiger partial charge in [-0.3, -0.25) is 14.3 Å². The lowest BCUT2D eigenvalue weighted by molar-refractivity contribution is -0.0601. The van der Waals surface area contributed by atoms with E-state index in [2.05, 4.69) is 15.0 Å². The maximum atomic E-state index is 12.1. The maximum Gasteiger partial charge on any atom is 0.377 e. The monoisotopic (exact) mass is 447 g/mol. The minimum Gasteiger partial charge on any atom is -0.467 e. The number of aromatic nitrogens is 4. The first kappa shape index (κ1) is 21.7. The molecular weight excluding hydrogens is 425 g/mol. The van der Waals surface area contributed by atoms with Gasteiger partial charge in [0.15, 0.2) is 23.0 Å². The van der Waals surface area contributed by atoms with E-state index in [0.29, 0.717) is 18.8 Å². The van der Waals surface area contributed by atoms with E-state index < -0.39 is 24.6 Å².